The predicted molar refractivity (Wildman–Crippen MR) is 48.8 cm³/mol. The molecule has 0 N–H and O–H groups in total. The van der Waals surface area contributed by atoms with E-state index in [1.54, 1.807) is 0 Å². The van der Waals surface area contributed by atoms with Crippen LogP contribution in [0.3, 0.4) is 0 Å². The van der Waals surface area contributed by atoms with Gasteiger partial charge in [0.2, 0.25) is 6.79 Å². The number of carbonyl (C=O) groups is 4. The first-order valence-electron chi connectivity index (χ1n) is 4.16. The van der Waals surface area contributed by atoms with Gasteiger partial charge < -0.3 is 14.1 Å². The molecular weight excluding hydrogens is 219 g/mol. The molecule has 0 aliphatic carbocycles. The van der Waals surface area contributed by atoms with Crippen LogP contribution in [0.1, 0.15) is 19.8 Å². The van der Waals surface area contributed by atoms with Crippen LogP contribution in [-0.4, -0.2) is 38.5 Å². The lowest BCUT2D eigenvalue weighted by molar-refractivity contribution is -0.168. The van der Waals surface area contributed by atoms with E-state index in [1.165, 1.54) is 6.92 Å². The Bertz CT molecular complexity index is 299. The van der Waals surface area contributed by atoms with Crippen molar-refractivity contribution >= 4 is 31.7 Å². The highest BCUT2D eigenvalue weighted by molar-refractivity contribution is 6.08. The maximum atomic E-state index is 10.8. The van der Waals surface area contributed by atoms with Gasteiger partial charge >= 0.3 is 20.0 Å². The van der Waals surface area contributed by atoms with Gasteiger partial charge in [-0.2, -0.15) is 0 Å². The third-order valence-corrected chi connectivity index (χ3v) is 1.25. The summed E-state index contributed by atoms with van der Waals surface area (Å²) < 4.78 is 12.4. The molecule has 86 valence electrons. The van der Waals surface area contributed by atoms with Crippen molar-refractivity contribution in [3.8, 4) is 0 Å². The molecule has 0 atom stereocenters. The second-order valence-electron chi connectivity index (χ2n) is 2.70. The third-order valence-electron chi connectivity index (χ3n) is 1.25. The van der Waals surface area contributed by atoms with E-state index >= 15 is 0 Å². The number of ketones is 1. The standard InChI is InChI=1S/C8H9BO7/c1-5(10)2-6(11)14-4-15-7(12)3-8(13)16-9/h2-4H2,1H3. The highest BCUT2D eigenvalue weighted by atomic mass is 16.7. The molecule has 0 saturated carbocycles. The zero-order valence-corrected chi connectivity index (χ0v) is 8.56. The number of carbonyl (C=O) groups excluding carboxylic acids is 4. The third kappa shape index (κ3) is 7.54. The molecule has 0 aromatic carbocycles. The molecule has 0 spiro atoms. The van der Waals surface area contributed by atoms with E-state index in [0.29, 0.717) is 0 Å². The van der Waals surface area contributed by atoms with E-state index in [9.17, 15) is 19.2 Å². The average Bonchev–Trinajstić information content (AvgIpc) is 2.16. The Labute approximate surface area is 92.5 Å². The van der Waals surface area contributed by atoms with E-state index in [-0.39, 0.29) is 5.78 Å². The molecule has 0 amide bonds. The molecule has 0 aromatic heterocycles. The molecule has 8 heteroatoms. The van der Waals surface area contributed by atoms with Gasteiger partial charge in [0, 0.05) is 0 Å². The monoisotopic (exact) mass is 228 g/mol. The van der Waals surface area contributed by atoms with Gasteiger partial charge in [-0.1, -0.05) is 0 Å². The zero-order valence-electron chi connectivity index (χ0n) is 8.56. The summed E-state index contributed by atoms with van der Waals surface area (Å²) in [7, 11) is 4.47. The van der Waals surface area contributed by atoms with Gasteiger partial charge in [0.05, 0.1) is 0 Å². The van der Waals surface area contributed by atoms with Crippen LogP contribution < -0.4 is 0 Å². The minimum absolute atomic E-state index is 0.372. The molecule has 0 aliphatic rings. The Balaban J connectivity index is 3.66. The smallest absolute Gasteiger partial charge is 0.378 e. The summed E-state index contributed by atoms with van der Waals surface area (Å²) in [4.78, 5) is 42.5. The molecule has 0 rings (SSSR count). The number of ether oxygens (including phenoxy) is 2. The van der Waals surface area contributed by atoms with Crippen molar-refractivity contribution in [2.24, 2.45) is 0 Å². The van der Waals surface area contributed by atoms with E-state index in [2.05, 4.69) is 22.2 Å². The van der Waals surface area contributed by atoms with Crippen LogP contribution in [0.25, 0.3) is 0 Å². The molecule has 0 unspecified atom stereocenters. The van der Waals surface area contributed by atoms with Crippen molar-refractivity contribution in [3.05, 3.63) is 0 Å². The number of Topliss-reactive ketones (excluding diaryl/α,β-unsaturated/α-hetero) is 1. The Kier molecular flexibility index (Phi) is 6.58. The summed E-state index contributed by atoms with van der Waals surface area (Å²) in [5.74, 6) is -3.11. The first kappa shape index (κ1) is 14.1. The second-order valence-corrected chi connectivity index (χ2v) is 2.70. The summed E-state index contributed by atoms with van der Waals surface area (Å²) in [6.07, 6.45) is -1.08. The molecule has 0 fully saturated rings. The van der Waals surface area contributed by atoms with E-state index in [0.717, 1.165) is 0 Å². The fourth-order valence-corrected chi connectivity index (χ4v) is 0.626. The van der Waals surface area contributed by atoms with Crippen LogP contribution in [0.2, 0.25) is 0 Å². The van der Waals surface area contributed by atoms with Crippen molar-refractivity contribution in [1.82, 2.24) is 0 Å². The first-order chi connectivity index (χ1) is 7.45. The molecular formula is C8H9BO7. The Hall–Kier alpha value is -1.86. The van der Waals surface area contributed by atoms with Gasteiger partial charge in [-0.3, -0.25) is 19.2 Å². The Morgan fingerprint density at radius 3 is 1.88 bits per heavy atom. The van der Waals surface area contributed by atoms with Gasteiger partial charge in [-0.15, -0.1) is 0 Å². The summed E-state index contributed by atoms with van der Waals surface area (Å²) in [5.41, 5.74) is 0. The highest BCUT2D eigenvalue weighted by Crippen LogP contribution is 1.92. The molecule has 16 heavy (non-hydrogen) atoms. The fourth-order valence-electron chi connectivity index (χ4n) is 0.626. The summed E-state index contributed by atoms with van der Waals surface area (Å²) in [6.45, 7) is 0.549. The molecule has 7 nitrogen and oxygen atoms in total. The largest absolute Gasteiger partial charge is 0.543 e. The van der Waals surface area contributed by atoms with Crippen LogP contribution in [-0.2, 0) is 33.3 Å². The minimum Gasteiger partial charge on any atom is -0.543 e. The van der Waals surface area contributed by atoms with E-state index in [4.69, 9.17) is 0 Å². The number of hydrogen-bond donors (Lipinski definition) is 0. The van der Waals surface area contributed by atoms with Crippen molar-refractivity contribution in [1.29, 1.82) is 0 Å². The molecule has 0 heterocycles. The van der Waals surface area contributed by atoms with Crippen LogP contribution in [0.15, 0.2) is 0 Å². The molecule has 0 aromatic rings. The van der Waals surface area contributed by atoms with Crippen LogP contribution in [0.4, 0.5) is 0 Å². The van der Waals surface area contributed by atoms with E-state index < -0.39 is 37.5 Å². The Morgan fingerprint density at radius 2 is 1.44 bits per heavy atom. The average molecular weight is 228 g/mol. The first-order valence-corrected chi connectivity index (χ1v) is 4.16. The van der Waals surface area contributed by atoms with Crippen LogP contribution in [0, 0.1) is 0 Å². The van der Waals surface area contributed by atoms with Crippen LogP contribution >= 0.6 is 0 Å². The van der Waals surface area contributed by atoms with Gasteiger partial charge in [0.1, 0.15) is 18.6 Å². The van der Waals surface area contributed by atoms with Crippen molar-refractivity contribution < 1.29 is 33.3 Å². The lowest BCUT2D eigenvalue weighted by Crippen LogP contribution is -2.17. The van der Waals surface area contributed by atoms with Gasteiger partial charge in [0.15, 0.2) is 0 Å². The lowest BCUT2D eigenvalue weighted by Gasteiger charge is -2.04. The topological polar surface area (TPSA) is 96.0 Å². The quantitative estimate of drug-likeness (QED) is 0.249. The summed E-state index contributed by atoms with van der Waals surface area (Å²) in [6, 6.07) is 0. The summed E-state index contributed by atoms with van der Waals surface area (Å²) >= 11 is 0. The Morgan fingerprint density at radius 1 is 0.938 bits per heavy atom. The number of rotatable bonds is 6. The molecule has 2 radical (unpaired) electrons. The molecule has 0 aliphatic heterocycles. The number of esters is 2. The molecule has 0 bridgehead atoms. The normalized spacial score (nSPS) is 9.06. The maximum absolute atomic E-state index is 10.8. The maximum Gasteiger partial charge on any atom is 0.378 e. The second kappa shape index (κ2) is 7.44. The lowest BCUT2D eigenvalue weighted by atomic mass is 10.3. The zero-order chi connectivity index (χ0) is 12.6. The van der Waals surface area contributed by atoms with E-state index in [1.807, 2.05) is 0 Å². The van der Waals surface area contributed by atoms with Crippen molar-refractivity contribution in [3.63, 3.8) is 0 Å². The van der Waals surface area contributed by atoms with Gasteiger partial charge in [0.25, 0.3) is 5.97 Å². The predicted octanol–water partition coefficient (Wildman–Crippen LogP) is -0.974. The molecule has 0 saturated heterocycles. The SMILES string of the molecule is [B]OC(=O)CC(=O)OCOC(=O)CC(C)=O. The number of hydrogen-bond acceptors (Lipinski definition) is 7. The highest BCUT2D eigenvalue weighted by Gasteiger charge is 2.11. The summed E-state index contributed by atoms with van der Waals surface area (Å²) in [5, 5.41) is 0. The minimum atomic E-state index is -0.972. The van der Waals surface area contributed by atoms with Crippen molar-refractivity contribution in [2.45, 2.75) is 19.8 Å². The fraction of sp³-hybridized carbons (Fsp3) is 0.500. The van der Waals surface area contributed by atoms with Gasteiger partial charge in [-0.05, 0) is 6.92 Å². The van der Waals surface area contributed by atoms with Crippen LogP contribution in [0.5, 0.6) is 0 Å². The van der Waals surface area contributed by atoms with Gasteiger partial charge in [-0.25, -0.2) is 0 Å². The van der Waals surface area contributed by atoms with Crippen molar-refractivity contribution in [2.75, 3.05) is 6.79 Å².